The van der Waals surface area contributed by atoms with E-state index in [4.69, 9.17) is 11.5 Å². The highest BCUT2D eigenvalue weighted by atomic mass is 16.1. The van der Waals surface area contributed by atoms with Crippen LogP contribution in [-0.4, -0.2) is 18.4 Å². The van der Waals surface area contributed by atoms with Crippen LogP contribution in [0.4, 0.5) is 0 Å². The Morgan fingerprint density at radius 2 is 1.89 bits per heavy atom. The van der Waals surface area contributed by atoms with Crippen LogP contribution in [0.1, 0.15) is 20.8 Å². The molecule has 0 heterocycles. The van der Waals surface area contributed by atoms with Crippen molar-refractivity contribution >= 4 is 5.78 Å². The second-order valence-corrected chi connectivity index (χ2v) is 1.45. The Labute approximate surface area is 56.4 Å². The molecule has 0 saturated heterocycles. The Balaban J connectivity index is 0. The molecule has 0 aromatic rings. The first-order chi connectivity index (χ1) is 4.18. The van der Waals surface area contributed by atoms with Crippen molar-refractivity contribution in [2.45, 2.75) is 26.8 Å². The summed E-state index contributed by atoms with van der Waals surface area (Å²) in [6.45, 7) is 5.67. The zero-order valence-corrected chi connectivity index (χ0v) is 6.35. The lowest BCUT2D eigenvalue weighted by Gasteiger charge is -1.99. The van der Waals surface area contributed by atoms with Gasteiger partial charge >= 0.3 is 0 Å². The fraction of sp³-hybridized carbons (Fsp3) is 0.833. The number of hydrogen-bond acceptors (Lipinski definition) is 3. The molecule has 3 nitrogen and oxygen atoms in total. The Morgan fingerprint density at radius 1 is 1.56 bits per heavy atom. The molecule has 0 aliphatic rings. The Hall–Kier alpha value is -0.410. The lowest BCUT2D eigenvalue weighted by atomic mass is 10.2. The molecule has 56 valence electrons. The Kier molecular flexibility index (Phi) is 9.61. The smallest absolute Gasteiger partial charge is 0.147 e. The molecular weight excluding hydrogens is 116 g/mol. The second kappa shape index (κ2) is 7.59. The summed E-state index contributed by atoms with van der Waals surface area (Å²) >= 11 is 0. The number of carbonyl (C=O) groups excluding carboxylic acids is 1. The van der Waals surface area contributed by atoms with Crippen LogP contribution in [0.2, 0.25) is 0 Å². The van der Waals surface area contributed by atoms with Gasteiger partial charge < -0.3 is 11.5 Å². The van der Waals surface area contributed by atoms with Gasteiger partial charge in [-0.2, -0.15) is 0 Å². The van der Waals surface area contributed by atoms with Crippen molar-refractivity contribution in [3.63, 3.8) is 0 Å². The third-order valence-electron chi connectivity index (χ3n) is 0.776. The molecule has 0 aromatic heterocycles. The van der Waals surface area contributed by atoms with E-state index in [0.717, 1.165) is 0 Å². The molecule has 0 spiro atoms. The van der Waals surface area contributed by atoms with Crippen molar-refractivity contribution in [3.05, 3.63) is 0 Å². The topological polar surface area (TPSA) is 69.1 Å². The van der Waals surface area contributed by atoms with Gasteiger partial charge in [0.25, 0.3) is 0 Å². The van der Waals surface area contributed by atoms with Gasteiger partial charge in [-0.15, -0.1) is 0 Å². The maximum Gasteiger partial charge on any atom is 0.147 e. The summed E-state index contributed by atoms with van der Waals surface area (Å²) in [5, 5.41) is 0. The molecule has 0 radical (unpaired) electrons. The quantitative estimate of drug-likeness (QED) is 0.550. The predicted octanol–water partition coefficient (Wildman–Crippen LogP) is -0.112. The van der Waals surface area contributed by atoms with E-state index < -0.39 is 6.04 Å². The summed E-state index contributed by atoms with van der Waals surface area (Å²) in [5.74, 6) is -0.0532. The number of ketones is 1. The third kappa shape index (κ3) is 7.59. The van der Waals surface area contributed by atoms with Crippen molar-refractivity contribution in [1.82, 2.24) is 0 Å². The van der Waals surface area contributed by atoms with Gasteiger partial charge in [0.2, 0.25) is 0 Å². The van der Waals surface area contributed by atoms with Crippen molar-refractivity contribution in [1.29, 1.82) is 0 Å². The van der Waals surface area contributed by atoms with Gasteiger partial charge in [0.05, 0.1) is 6.04 Å². The molecule has 0 fully saturated rings. The Morgan fingerprint density at radius 3 is 1.89 bits per heavy atom. The van der Waals surface area contributed by atoms with Gasteiger partial charge in [-0.3, -0.25) is 4.79 Å². The molecule has 0 unspecified atom stereocenters. The largest absolute Gasteiger partial charge is 0.328 e. The van der Waals surface area contributed by atoms with Crippen LogP contribution in [0.25, 0.3) is 0 Å². The number of hydrogen-bond donors (Lipinski definition) is 2. The minimum atomic E-state index is -0.458. The lowest BCUT2D eigenvalue weighted by Crippen LogP contribution is -2.35. The second-order valence-electron chi connectivity index (χ2n) is 1.45. The van der Waals surface area contributed by atoms with Gasteiger partial charge in [-0.25, -0.2) is 0 Å². The third-order valence-corrected chi connectivity index (χ3v) is 0.776. The summed E-state index contributed by atoms with van der Waals surface area (Å²) in [6.07, 6.45) is 0. The van der Waals surface area contributed by atoms with Gasteiger partial charge in [-0.1, -0.05) is 13.8 Å². The van der Waals surface area contributed by atoms with E-state index >= 15 is 0 Å². The zero-order valence-electron chi connectivity index (χ0n) is 6.35. The summed E-state index contributed by atoms with van der Waals surface area (Å²) < 4.78 is 0. The average molecular weight is 132 g/mol. The van der Waals surface area contributed by atoms with Crippen molar-refractivity contribution in [3.8, 4) is 0 Å². The van der Waals surface area contributed by atoms with Crippen molar-refractivity contribution < 1.29 is 4.79 Å². The standard InChI is InChI=1S/C4H10N2O.C2H6/c1-3(7)4(6)2-5;1-2/h4H,2,5-6H2,1H3;1-2H3/t4-;/m1./s1. The van der Waals surface area contributed by atoms with Gasteiger partial charge in [0.1, 0.15) is 5.78 Å². The van der Waals surface area contributed by atoms with Crippen LogP contribution in [0.5, 0.6) is 0 Å². The van der Waals surface area contributed by atoms with Gasteiger partial charge in [0.15, 0.2) is 0 Å². The van der Waals surface area contributed by atoms with Crippen LogP contribution in [0, 0.1) is 0 Å². The number of nitrogens with two attached hydrogens (primary N) is 2. The number of rotatable bonds is 2. The summed E-state index contributed by atoms with van der Waals surface area (Å²) in [7, 11) is 0. The summed E-state index contributed by atoms with van der Waals surface area (Å²) in [6, 6.07) is -0.458. The average Bonchev–Trinajstić information content (AvgIpc) is 1.91. The zero-order chi connectivity index (χ0) is 7.86. The van der Waals surface area contributed by atoms with Crippen molar-refractivity contribution in [2.75, 3.05) is 6.54 Å². The fourth-order valence-corrected chi connectivity index (χ4v) is 0.166. The molecule has 0 amide bonds. The van der Waals surface area contributed by atoms with Gasteiger partial charge in [0, 0.05) is 6.54 Å². The summed E-state index contributed by atoms with van der Waals surface area (Å²) in [5.41, 5.74) is 10.2. The predicted molar refractivity (Wildman–Crippen MR) is 39.1 cm³/mol. The molecule has 0 aromatic carbocycles. The minimum Gasteiger partial charge on any atom is -0.328 e. The monoisotopic (exact) mass is 132 g/mol. The molecule has 0 aliphatic heterocycles. The summed E-state index contributed by atoms with van der Waals surface area (Å²) in [4.78, 5) is 10.2. The van der Waals surface area contributed by atoms with Crippen LogP contribution >= 0.6 is 0 Å². The molecule has 0 rings (SSSR count). The molecule has 0 bridgehead atoms. The van der Waals surface area contributed by atoms with Crippen molar-refractivity contribution in [2.24, 2.45) is 11.5 Å². The van der Waals surface area contributed by atoms with E-state index in [0.29, 0.717) is 0 Å². The molecule has 0 aliphatic carbocycles. The lowest BCUT2D eigenvalue weighted by molar-refractivity contribution is -0.117. The molecular formula is C6H16N2O. The fourth-order valence-electron chi connectivity index (χ4n) is 0.166. The number of carbonyl (C=O) groups is 1. The van der Waals surface area contributed by atoms with Crippen LogP contribution in [0.3, 0.4) is 0 Å². The SMILES string of the molecule is CC.CC(=O)[C@H](N)CN. The maximum atomic E-state index is 10.2. The van der Waals surface area contributed by atoms with E-state index in [9.17, 15) is 4.79 Å². The number of Topliss-reactive ketones (excluding diaryl/α,β-unsaturated/α-hetero) is 1. The molecule has 3 heteroatoms. The first-order valence-electron chi connectivity index (χ1n) is 3.14. The van der Waals surface area contributed by atoms with Crippen LogP contribution in [-0.2, 0) is 4.79 Å². The first-order valence-corrected chi connectivity index (χ1v) is 3.14. The van der Waals surface area contributed by atoms with Crippen LogP contribution < -0.4 is 11.5 Å². The highest BCUT2D eigenvalue weighted by molar-refractivity contribution is 5.81. The minimum absolute atomic E-state index is 0.0532. The Bertz CT molecular complexity index is 73.5. The molecule has 9 heavy (non-hydrogen) atoms. The highest BCUT2D eigenvalue weighted by Gasteiger charge is 2.01. The van der Waals surface area contributed by atoms with E-state index in [1.165, 1.54) is 6.92 Å². The highest BCUT2D eigenvalue weighted by Crippen LogP contribution is 1.72. The van der Waals surface area contributed by atoms with E-state index in [1.807, 2.05) is 13.8 Å². The molecule has 4 N–H and O–H groups in total. The maximum absolute atomic E-state index is 10.2. The molecule has 1 atom stereocenters. The van der Waals surface area contributed by atoms with Crippen LogP contribution in [0.15, 0.2) is 0 Å². The normalized spacial score (nSPS) is 11.2. The first kappa shape index (κ1) is 11.4. The van der Waals surface area contributed by atoms with E-state index in [-0.39, 0.29) is 12.3 Å². The molecule has 0 saturated carbocycles. The van der Waals surface area contributed by atoms with E-state index in [1.54, 1.807) is 0 Å². The van der Waals surface area contributed by atoms with E-state index in [2.05, 4.69) is 0 Å². The van der Waals surface area contributed by atoms with Gasteiger partial charge in [-0.05, 0) is 6.92 Å².